The summed E-state index contributed by atoms with van der Waals surface area (Å²) in [6, 6.07) is 11.0. The highest BCUT2D eigenvalue weighted by atomic mass is 16.3. The van der Waals surface area contributed by atoms with Crippen molar-refractivity contribution in [3.05, 3.63) is 59.5 Å². The second kappa shape index (κ2) is 5.59. The third-order valence-corrected chi connectivity index (χ3v) is 4.15. The SMILES string of the molecule is NNC(Cc1ccoc1)C1CCCc2ccccc21. The van der Waals surface area contributed by atoms with Crippen molar-refractivity contribution < 1.29 is 4.42 Å². The molecule has 1 heterocycles. The molecule has 0 fully saturated rings. The van der Waals surface area contributed by atoms with E-state index in [0.717, 1.165) is 6.42 Å². The average Bonchev–Trinajstić information content (AvgIpc) is 2.97. The van der Waals surface area contributed by atoms with Crippen LogP contribution in [0, 0.1) is 0 Å². The molecule has 0 radical (unpaired) electrons. The van der Waals surface area contributed by atoms with Gasteiger partial charge < -0.3 is 4.42 Å². The molecule has 1 aromatic heterocycles. The van der Waals surface area contributed by atoms with Crippen molar-refractivity contribution in [3.8, 4) is 0 Å². The molecule has 2 aromatic rings. The zero-order valence-electron chi connectivity index (χ0n) is 11.0. The molecule has 3 heteroatoms. The molecule has 3 N–H and O–H groups in total. The molecule has 0 spiro atoms. The zero-order chi connectivity index (χ0) is 13.1. The number of nitrogens with one attached hydrogen (secondary N) is 1. The number of hydrogen-bond acceptors (Lipinski definition) is 3. The number of furan rings is 1. The predicted octanol–water partition coefficient (Wildman–Crippen LogP) is 2.77. The summed E-state index contributed by atoms with van der Waals surface area (Å²) in [4.78, 5) is 0. The largest absolute Gasteiger partial charge is 0.472 e. The number of benzene rings is 1. The van der Waals surface area contributed by atoms with Crippen LogP contribution >= 0.6 is 0 Å². The fraction of sp³-hybridized carbons (Fsp3) is 0.375. The number of hydrogen-bond donors (Lipinski definition) is 2. The summed E-state index contributed by atoms with van der Waals surface area (Å²) in [5.41, 5.74) is 7.15. The normalized spacial score (nSPS) is 19.9. The molecule has 0 saturated carbocycles. The van der Waals surface area contributed by atoms with E-state index >= 15 is 0 Å². The van der Waals surface area contributed by atoms with Gasteiger partial charge in [-0.05, 0) is 48.4 Å². The molecule has 0 aliphatic heterocycles. The van der Waals surface area contributed by atoms with Crippen molar-refractivity contribution in [2.24, 2.45) is 5.84 Å². The predicted molar refractivity (Wildman–Crippen MR) is 75.6 cm³/mol. The van der Waals surface area contributed by atoms with Gasteiger partial charge in [-0.25, -0.2) is 0 Å². The van der Waals surface area contributed by atoms with Gasteiger partial charge in [0.05, 0.1) is 12.5 Å². The van der Waals surface area contributed by atoms with Crippen molar-refractivity contribution in [2.75, 3.05) is 0 Å². The zero-order valence-corrected chi connectivity index (χ0v) is 11.0. The quantitative estimate of drug-likeness (QED) is 0.653. The Morgan fingerprint density at radius 3 is 3.00 bits per heavy atom. The molecule has 19 heavy (non-hydrogen) atoms. The maximum atomic E-state index is 5.80. The molecule has 0 amide bonds. The Morgan fingerprint density at radius 2 is 2.21 bits per heavy atom. The Hall–Kier alpha value is -1.58. The maximum Gasteiger partial charge on any atom is 0.0935 e. The van der Waals surface area contributed by atoms with E-state index in [1.807, 2.05) is 6.07 Å². The van der Waals surface area contributed by atoms with Gasteiger partial charge in [0.25, 0.3) is 0 Å². The summed E-state index contributed by atoms with van der Waals surface area (Å²) < 4.78 is 5.15. The summed E-state index contributed by atoms with van der Waals surface area (Å²) in [7, 11) is 0. The molecular formula is C16H20N2O. The van der Waals surface area contributed by atoms with Gasteiger partial charge >= 0.3 is 0 Å². The van der Waals surface area contributed by atoms with Crippen LogP contribution in [0.25, 0.3) is 0 Å². The lowest BCUT2D eigenvalue weighted by Crippen LogP contribution is -2.42. The summed E-state index contributed by atoms with van der Waals surface area (Å²) >= 11 is 0. The molecule has 1 aromatic carbocycles. The van der Waals surface area contributed by atoms with Crippen LogP contribution in [0.5, 0.6) is 0 Å². The third kappa shape index (κ3) is 2.57. The number of hydrazine groups is 1. The van der Waals surface area contributed by atoms with Crippen LogP contribution in [0.3, 0.4) is 0 Å². The highest BCUT2D eigenvalue weighted by Gasteiger charge is 2.27. The van der Waals surface area contributed by atoms with Crippen LogP contribution in [0.1, 0.15) is 35.4 Å². The lowest BCUT2D eigenvalue weighted by Gasteiger charge is -2.32. The van der Waals surface area contributed by atoms with Crippen molar-refractivity contribution in [1.29, 1.82) is 0 Å². The first kappa shape index (κ1) is 12.5. The van der Waals surface area contributed by atoms with Gasteiger partial charge in [-0.2, -0.15) is 0 Å². The summed E-state index contributed by atoms with van der Waals surface area (Å²) in [5.74, 6) is 6.29. The van der Waals surface area contributed by atoms with E-state index in [1.165, 1.54) is 36.0 Å². The standard InChI is InChI=1S/C16H20N2O/c17-18-16(10-12-8-9-19-11-12)15-7-3-5-13-4-1-2-6-14(13)15/h1-2,4,6,8-9,11,15-16,18H,3,5,7,10,17H2. The first-order valence-corrected chi connectivity index (χ1v) is 6.93. The summed E-state index contributed by atoms with van der Waals surface area (Å²) in [6.45, 7) is 0. The maximum absolute atomic E-state index is 5.80. The second-order valence-electron chi connectivity index (χ2n) is 5.31. The van der Waals surface area contributed by atoms with E-state index in [9.17, 15) is 0 Å². The smallest absolute Gasteiger partial charge is 0.0935 e. The number of fused-ring (bicyclic) bond motifs is 1. The molecule has 100 valence electrons. The highest BCUT2D eigenvalue weighted by molar-refractivity contribution is 5.34. The van der Waals surface area contributed by atoms with Gasteiger partial charge in [0, 0.05) is 12.0 Å². The first-order chi connectivity index (χ1) is 9.38. The van der Waals surface area contributed by atoms with E-state index in [1.54, 1.807) is 12.5 Å². The van der Waals surface area contributed by atoms with E-state index in [4.69, 9.17) is 10.3 Å². The van der Waals surface area contributed by atoms with Crippen molar-refractivity contribution in [3.63, 3.8) is 0 Å². The van der Waals surface area contributed by atoms with E-state index in [2.05, 4.69) is 29.7 Å². The fourth-order valence-corrected chi connectivity index (χ4v) is 3.19. The Labute approximate surface area is 113 Å². The molecule has 1 aliphatic rings. The molecule has 3 rings (SSSR count). The van der Waals surface area contributed by atoms with Crippen molar-refractivity contribution >= 4 is 0 Å². The number of aryl methyl sites for hydroxylation is 1. The molecule has 0 bridgehead atoms. The van der Waals surface area contributed by atoms with E-state index < -0.39 is 0 Å². The minimum absolute atomic E-state index is 0.263. The molecule has 0 saturated heterocycles. The van der Waals surface area contributed by atoms with E-state index in [0.29, 0.717) is 5.92 Å². The molecule has 1 aliphatic carbocycles. The molecular weight excluding hydrogens is 236 g/mol. The second-order valence-corrected chi connectivity index (χ2v) is 5.31. The Kier molecular flexibility index (Phi) is 3.67. The highest BCUT2D eigenvalue weighted by Crippen LogP contribution is 2.34. The number of nitrogens with two attached hydrogens (primary N) is 1. The molecule has 3 nitrogen and oxygen atoms in total. The lowest BCUT2D eigenvalue weighted by atomic mass is 9.77. The van der Waals surface area contributed by atoms with Crippen LogP contribution in [-0.2, 0) is 12.8 Å². The van der Waals surface area contributed by atoms with Gasteiger partial charge in [0.2, 0.25) is 0 Å². The van der Waals surface area contributed by atoms with Gasteiger partial charge in [-0.1, -0.05) is 24.3 Å². The van der Waals surface area contributed by atoms with Gasteiger partial charge in [0.15, 0.2) is 0 Å². The van der Waals surface area contributed by atoms with Gasteiger partial charge in [-0.3, -0.25) is 11.3 Å². The average molecular weight is 256 g/mol. The van der Waals surface area contributed by atoms with Gasteiger partial charge in [-0.15, -0.1) is 0 Å². The van der Waals surface area contributed by atoms with Gasteiger partial charge in [0.1, 0.15) is 0 Å². The van der Waals surface area contributed by atoms with E-state index in [-0.39, 0.29) is 6.04 Å². The molecule has 2 atom stereocenters. The van der Waals surface area contributed by atoms with Crippen LogP contribution < -0.4 is 11.3 Å². The lowest BCUT2D eigenvalue weighted by molar-refractivity contribution is 0.394. The third-order valence-electron chi connectivity index (χ3n) is 4.15. The van der Waals surface area contributed by atoms with Crippen LogP contribution in [0.15, 0.2) is 47.3 Å². The Morgan fingerprint density at radius 1 is 1.32 bits per heavy atom. The first-order valence-electron chi connectivity index (χ1n) is 6.93. The van der Waals surface area contributed by atoms with Crippen molar-refractivity contribution in [2.45, 2.75) is 37.6 Å². The van der Waals surface area contributed by atoms with Crippen LogP contribution in [-0.4, -0.2) is 6.04 Å². The topological polar surface area (TPSA) is 51.2 Å². The molecule has 2 unspecified atom stereocenters. The van der Waals surface area contributed by atoms with Crippen LogP contribution in [0.4, 0.5) is 0 Å². The summed E-state index contributed by atoms with van der Waals surface area (Å²) in [5, 5.41) is 0. The summed E-state index contributed by atoms with van der Waals surface area (Å²) in [6.07, 6.45) is 8.06. The minimum atomic E-state index is 0.263. The van der Waals surface area contributed by atoms with Crippen LogP contribution in [0.2, 0.25) is 0 Å². The Bertz CT molecular complexity index is 521. The monoisotopic (exact) mass is 256 g/mol. The number of rotatable bonds is 4. The van der Waals surface area contributed by atoms with Crippen molar-refractivity contribution in [1.82, 2.24) is 5.43 Å². The Balaban J connectivity index is 1.84. The fourth-order valence-electron chi connectivity index (χ4n) is 3.19. The minimum Gasteiger partial charge on any atom is -0.472 e.